The van der Waals surface area contributed by atoms with E-state index in [1.54, 1.807) is 7.11 Å². The molecule has 0 saturated heterocycles. The highest BCUT2D eigenvalue weighted by Crippen LogP contribution is 2.18. The number of imidazole rings is 1. The maximum absolute atomic E-state index is 5.24. The number of fused-ring (bicyclic) bond motifs is 1. The van der Waals surface area contributed by atoms with Crippen molar-refractivity contribution in [2.75, 3.05) is 7.11 Å². The fourth-order valence-corrected chi connectivity index (χ4v) is 2.48. The normalized spacial score (nSPS) is 10.8. The summed E-state index contributed by atoms with van der Waals surface area (Å²) in [6.45, 7) is 0. The Morgan fingerprint density at radius 3 is 3.00 bits per heavy atom. The van der Waals surface area contributed by atoms with E-state index in [2.05, 4.69) is 37.4 Å². The van der Waals surface area contributed by atoms with Crippen molar-refractivity contribution in [3.63, 3.8) is 0 Å². The first-order valence-corrected chi connectivity index (χ1v) is 6.80. The van der Waals surface area contributed by atoms with Gasteiger partial charge in [0, 0.05) is 17.1 Å². The number of ether oxygens (including phenoxy) is 1. The minimum absolute atomic E-state index is 0.785. The van der Waals surface area contributed by atoms with E-state index >= 15 is 0 Å². The largest absolute Gasteiger partial charge is 0.497 e. The number of aromatic nitrogens is 2. The minimum Gasteiger partial charge on any atom is -0.497 e. The highest BCUT2D eigenvalue weighted by molar-refractivity contribution is 9.10. The highest BCUT2D eigenvalue weighted by Gasteiger charge is 2.05. The summed E-state index contributed by atoms with van der Waals surface area (Å²) < 4.78 is 8.41. The molecule has 0 atom stereocenters. The number of pyridine rings is 1. The van der Waals surface area contributed by atoms with Gasteiger partial charge in [-0.05, 0) is 29.8 Å². The van der Waals surface area contributed by atoms with Crippen LogP contribution in [0.1, 0.15) is 11.4 Å². The van der Waals surface area contributed by atoms with Crippen molar-refractivity contribution >= 4 is 21.4 Å². The van der Waals surface area contributed by atoms with Crippen LogP contribution in [0.5, 0.6) is 5.75 Å². The molecule has 0 aliphatic carbocycles. The first kappa shape index (κ1) is 12.2. The lowest BCUT2D eigenvalue weighted by atomic mass is 10.1. The molecule has 2 heterocycles. The molecule has 3 nitrogen and oxygen atoms in total. The van der Waals surface area contributed by atoms with E-state index in [0.29, 0.717) is 0 Å². The summed E-state index contributed by atoms with van der Waals surface area (Å²) >= 11 is 3.47. The van der Waals surface area contributed by atoms with Crippen LogP contribution in [0.4, 0.5) is 0 Å². The number of hydrogen-bond acceptors (Lipinski definition) is 2. The van der Waals surface area contributed by atoms with Crippen LogP contribution in [0, 0.1) is 0 Å². The monoisotopic (exact) mass is 316 g/mol. The van der Waals surface area contributed by atoms with Gasteiger partial charge in [0.1, 0.15) is 11.6 Å². The van der Waals surface area contributed by atoms with Crippen LogP contribution in [-0.2, 0) is 6.42 Å². The van der Waals surface area contributed by atoms with Crippen molar-refractivity contribution in [1.82, 2.24) is 9.38 Å². The van der Waals surface area contributed by atoms with E-state index in [4.69, 9.17) is 4.74 Å². The van der Waals surface area contributed by atoms with Crippen molar-refractivity contribution in [2.24, 2.45) is 0 Å². The molecule has 0 fully saturated rings. The second-order valence-corrected chi connectivity index (χ2v) is 5.26. The van der Waals surface area contributed by atoms with Gasteiger partial charge in [-0.25, -0.2) is 4.98 Å². The molecule has 0 aliphatic rings. The van der Waals surface area contributed by atoms with Gasteiger partial charge >= 0.3 is 0 Å². The van der Waals surface area contributed by atoms with Crippen LogP contribution in [0.2, 0.25) is 0 Å². The van der Waals surface area contributed by atoms with Gasteiger partial charge < -0.3 is 9.14 Å². The first-order valence-electron chi connectivity index (χ1n) is 6.01. The second kappa shape index (κ2) is 5.05. The fourth-order valence-electron chi connectivity index (χ4n) is 2.12. The average Bonchev–Trinajstić information content (AvgIpc) is 2.81. The van der Waals surface area contributed by atoms with Gasteiger partial charge in [-0.2, -0.15) is 0 Å². The summed E-state index contributed by atoms with van der Waals surface area (Å²) in [5.41, 5.74) is 2.28. The van der Waals surface area contributed by atoms with E-state index in [1.165, 1.54) is 5.56 Å². The standard InChI is InChI=1S/C15H13BrN2O/c1-19-14-4-2-3-11(7-14)8-15-17-10-13-9-12(16)5-6-18(13)15/h2-7,9-10H,8H2,1H3. The summed E-state index contributed by atoms with van der Waals surface area (Å²) in [6.07, 6.45) is 4.70. The number of methoxy groups -OCH3 is 1. The summed E-state index contributed by atoms with van der Waals surface area (Å²) in [5.74, 6) is 1.90. The van der Waals surface area contributed by atoms with Gasteiger partial charge in [0.15, 0.2) is 0 Å². The molecule has 1 aromatic carbocycles. The zero-order valence-corrected chi connectivity index (χ0v) is 12.1. The number of benzene rings is 1. The van der Waals surface area contributed by atoms with Gasteiger partial charge in [-0.3, -0.25) is 0 Å². The molecule has 0 saturated carbocycles. The zero-order valence-electron chi connectivity index (χ0n) is 10.5. The second-order valence-electron chi connectivity index (χ2n) is 4.34. The number of nitrogens with zero attached hydrogens (tertiary/aromatic N) is 2. The molecule has 4 heteroatoms. The van der Waals surface area contributed by atoms with Gasteiger partial charge in [-0.15, -0.1) is 0 Å². The third-order valence-corrected chi connectivity index (χ3v) is 3.56. The van der Waals surface area contributed by atoms with E-state index in [0.717, 1.165) is 28.0 Å². The van der Waals surface area contributed by atoms with Crippen LogP contribution in [0.15, 0.2) is 53.3 Å². The van der Waals surface area contributed by atoms with E-state index < -0.39 is 0 Å². The third kappa shape index (κ3) is 2.49. The Hall–Kier alpha value is -1.81. The smallest absolute Gasteiger partial charge is 0.119 e. The maximum atomic E-state index is 5.24. The van der Waals surface area contributed by atoms with Crippen LogP contribution >= 0.6 is 15.9 Å². The molecule has 3 aromatic rings. The lowest BCUT2D eigenvalue weighted by Crippen LogP contribution is -1.96. The average molecular weight is 317 g/mol. The fraction of sp³-hybridized carbons (Fsp3) is 0.133. The summed E-state index contributed by atoms with van der Waals surface area (Å²) in [4.78, 5) is 4.49. The minimum atomic E-state index is 0.785. The van der Waals surface area contributed by atoms with Crippen LogP contribution in [0.3, 0.4) is 0 Å². The van der Waals surface area contributed by atoms with Crippen molar-refractivity contribution in [1.29, 1.82) is 0 Å². The lowest BCUT2D eigenvalue weighted by molar-refractivity contribution is 0.414. The maximum Gasteiger partial charge on any atom is 0.119 e. The molecule has 96 valence electrons. The van der Waals surface area contributed by atoms with Gasteiger partial charge in [0.2, 0.25) is 0 Å². The van der Waals surface area contributed by atoms with E-state index in [-0.39, 0.29) is 0 Å². The molecule has 0 unspecified atom stereocenters. The molecule has 0 bridgehead atoms. The van der Waals surface area contributed by atoms with E-state index in [1.807, 2.05) is 36.7 Å². The van der Waals surface area contributed by atoms with E-state index in [9.17, 15) is 0 Å². The molecular formula is C15H13BrN2O. The molecule has 0 amide bonds. The molecule has 0 N–H and O–H groups in total. The Kier molecular flexibility index (Phi) is 3.25. The number of halogens is 1. The van der Waals surface area contributed by atoms with Crippen molar-refractivity contribution in [3.05, 3.63) is 64.7 Å². The molecular weight excluding hydrogens is 304 g/mol. The van der Waals surface area contributed by atoms with Gasteiger partial charge in [0.05, 0.1) is 18.8 Å². The number of hydrogen-bond donors (Lipinski definition) is 0. The Bertz CT molecular complexity index is 721. The Balaban J connectivity index is 1.96. The highest BCUT2D eigenvalue weighted by atomic mass is 79.9. The van der Waals surface area contributed by atoms with Crippen LogP contribution < -0.4 is 4.74 Å². The predicted octanol–water partition coefficient (Wildman–Crippen LogP) is 3.70. The van der Waals surface area contributed by atoms with Crippen molar-refractivity contribution < 1.29 is 4.74 Å². The topological polar surface area (TPSA) is 26.5 Å². The lowest BCUT2D eigenvalue weighted by Gasteiger charge is -2.04. The van der Waals surface area contributed by atoms with Gasteiger partial charge in [0.25, 0.3) is 0 Å². The van der Waals surface area contributed by atoms with Crippen LogP contribution in [-0.4, -0.2) is 16.5 Å². The summed E-state index contributed by atoms with van der Waals surface area (Å²) in [7, 11) is 1.68. The molecule has 0 aliphatic heterocycles. The predicted molar refractivity (Wildman–Crippen MR) is 78.7 cm³/mol. The SMILES string of the molecule is COc1cccc(Cc2ncc3cc(Br)ccn23)c1. The third-order valence-electron chi connectivity index (χ3n) is 3.07. The summed E-state index contributed by atoms with van der Waals surface area (Å²) in [5, 5.41) is 0. The molecule has 0 spiro atoms. The Labute approximate surface area is 120 Å². The van der Waals surface area contributed by atoms with Crippen LogP contribution in [0.25, 0.3) is 5.52 Å². The Morgan fingerprint density at radius 2 is 2.16 bits per heavy atom. The quantitative estimate of drug-likeness (QED) is 0.736. The zero-order chi connectivity index (χ0) is 13.2. The first-order chi connectivity index (χ1) is 9.26. The Morgan fingerprint density at radius 1 is 1.26 bits per heavy atom. The van der Waals surface area contributed by atoms with Crippen molar-refractivity contribution in [2.45, 2.75) is 6.42 Å². The molecule has 0 radical (unpaired) electrons. The molecule has 2 aromatic heterocycles. The molecule has 19 heavy (non-hydrogen) atoms. The van der Waals surface area contributed by atoms with Crippen molar-refractivity contribution in [3.8, 4) is 5.75 Å². The number of rotatable bonds is 3. The van der Waals surface area contributed by atoms with Gasteiger partial charge in [-0.1, -0.05) is 28.1 Å². The summed E-state index contributed by atoms with van der Waals surface area (Å²) in [6, 6.07) is 12.2. The molecule has 3 rings (SSSR count).